The summed E-state index contributed by atoms with van der Waals surface area (Å²) in [5.41, 5.74) is 0. The molecule has 2 unspecified atom stereocenters. The Kier molecular flexibility index (Phi) is 38.2. The molecule has 0 aromatic carbocycles. The molecular formula is C48H85NO8P+. The topological polar surface area (TPSA) is 112 Å². The molecule has 0 aliphatic heterocycles. The molecule has 0 saturated heterocycles. The third-order valence-corrected chi connectivity index (χ3v) is 10.1. The van der Waals surface area contributed by atoms with Gasteiger partial charge >= 0.3 is 13.8 Å². The lowest BCUT2D eigenvalue weighted by Gasteiger charge is -2.24. The van der Waals surface area contributed by atoms with Crippen molar-refractivity contribution in [1.82, 2.24) is 0 Å². The van der Waals surface area contributed by atoms with Crippen LogP contribution in [0.25, 0.3) is 0 Å². The Morgan fingerprint density at radius 2 is 1.22 bits per heavy atom. The highest BCUT2D eigenvalue weighted by Gasteiger charge is 2.25. The first-order chi connectivity index (χ1) is 28.0. The molecule has 0 aromatic rings. The first kappa shape index (κ1) is 55.5. The van der Waals surface area contributed by atoms with Crippen molar-refractivity contribution in [2.24, 2.45) is 0 Å². The number of phosphoric ester groups is 1. The van der Waals surface area contributed by atoms with E-state index in [2.05, 4.69) is 50.3 Å². The predicted molar refractivity (Wildman–Crippen MR) is 243 cm³/mol. The minimum Gasteiger partial charge on any atom is -0.492 e. The third kappa shape index (κ3) is 43.1. The monoisotopic (exact) mass is 835 g/mol. The third-order valence-electron chi connectivity index (χ3n) is 9.15. The molecule has 0 aromatic heterocycles. The van der Waals surface area contributed by atoms with Crippen LogP contribution in [0.4, 0.5) is 0 Å². The minimum absolute atomic E-state index is 0.0683. The largest absolute Gasteiger partial charge is 0.492 e. The van der Waals surface area contributed by atoms with E-state index < -0.39 is 20.0 Å². The highest BCUT2D eigenvalue weighted by Crippen LogP contribution is 2.43. The van der Waals surface area contributed by atoms with Gasteiger partial charge in [-0.2, -0.15) is 0 Å². The number of aliphatic hydroxyl groups is 1. The van der Waals surface area contributed by atoms with Crippen molar-refractivity contribution < 1.29 is 42.4 Å². The van der Waals surface area contributed by atoms with Gasteiger partial charge in [0.25, 0.3) is 0 Å². The van der Waals surface area contributed by atoms with E-state index in [1.54, 1.807) is 12.3 Å². The second-order valence-corrected chi connectivity index (χ2v) is 17.4. The Morgan fingerprint density at radius 3 is 1.81 bits per heavy atom. The van der Waals surface area contributed by atoms with E-state index in [0.29, 0.717) is 23.9 Å². The first-order valence-electron chi connectivity index (χ1n) is 22.5. The zero-order chi connectivity index (χ0) is 42.8. The van der Waals surface area contributed by atoms with Gasteiger partial charge in [0.2, 0.25) is 0 Å². The molecule has 334 valence electrons. The summed E-state index contributed by atoms with van der Waals surface area (Å²) in [6.07, 6.45) is 50.7. The van der Waals surface area contributed by atoms with Crippen molar-refractivity contribution in [3.63, 3.8) is 0 Å². The average molecular weight is 835 g/mol. The van der Waals surface area contributed by atoms with Gasteiger partial charge in [-0.05, 0) is 57.4 Å². The van der Waals surface area contributed by atoms with E-state index in [0.717, 1.165) is 38.5 Å². The number of phosphoric acid groups is 1. The van der Waals surface area contributed by atoms with E-state index in [9.17, 15) is 19.4 Å². The summed E-state index contributed by atoms with van der Waals surface area (Å²) in [5.74, 6) is -0.374. The lowest BCUT2D eigenvalue weighted by Crippen LogP contribution is -2.37. The second-order valence-electron chi connectivity index (χ2n) is 16.0. The number of hydrogen-bond acceptors (Lipinski definition) is 7. The maximum Gasteiger partial charge on any atom is 0.472 e. The molecule has 58 heavy (non-hydrogen) atoms. The van der Waals surface area contributed by atoms with Crippen molar-refractivity contribution in [3.05, 3.63) is 85.3 Å². The van der Waals surface area contributed by atoms with Gasteiger partial charge in [0.1, 0.15) is 19.8 Å². The molecule has 0 heterocycles. The number of likely N-dealkylation sites (N-methyl/N-ethyl adjacent to an activating group) is 1. The molecule has 0 radical (unpaired) electrons. The van der Waals surface area contributed by atoms with Gasteiger partial charge in [0.05, 0.1) is 40.1 Å². The Morgan fingerprint density at radius 1 is 0.655 bits per heavy atom. The number of ether oxygens (including phenoxy) is 2. The maximum atomic E-state index is 12.5. The summed E-state index contributed by atoms with van der Waals surface area (Å²) in [7, 11) is 1.60. The van der Waals surface area contributed by atoms with Crippen molar-refractivity contribution in [2.75, 3.05) is 47.5 Å². The molecular weight excluding hydrogens is 750 g/mol. The summed E-state index contributed by atoms with van der Waals surface area (Å²) in [6.45, 7) is 4.59. The van der Waals surface area contributed by atoms with E-state index in [1.165, 1.54) is 83.5 Å². The molecule has 0 aliphatic carbocycles. The van der Waals surface area contributed by atoms with E-state index in [4.69, 9.17) is 18.5 Å². The zero-order valence-corrected chi connectivity index (χ0v) is 38.3. The predicted octanol–water partition coefficient (Wildman–Crippen LogP) is 12.6. The normalized spacial score (nSPS) is 15.0. The molecule has 0 fully saturated rings. The smallest absolute Gasteiger partial charge is 0.472 e. The summed E-state index contributed by atoms with van der Waals surface area (Å²) in [6, 6.07) is 0. The van der Waals surface area contributed by atoms with Crippen LogP contribution < -0.4 is 0 Å². The van der Waals surface area contributed by atoms with E-state index >= 15 is 0 Å². The molecule has 0 amide bonds. The van der Waals surface area contributed by atoms with Gasteiger partial charge in [0.15, 0.2) is 6.10 Å². The van der Waals surface area contributed by atoms with Crippen LogP contribution in [0, 0.1) is 0 Å². The second kappa shape index (κ2) is 39.9. The average Bonchev–Trinajstić information content (AvgIpc) is 3.17. The van der Waals surface area contributed by atoms with Gasteiger partial charge in [0, 0.05) is 6.42 Å². The van der Waals surface area contributed by atoms with E-state index in [1.807, 2.05) is 57.6 Å². The van der Waals surface area contributed by atoms with Crippen LogP contribution >= 0.6 is 7.82 Å². The molecule has 0 aliphatic rings. The van der Waals surface area contributed by atoms with Crippen LogP contribution in [-0.2, 0) is 27.9 Å². The number of unbranched alkanes of at least 4 members (excludes halogenated alkanes) is 14. The highest BCUT2D eigenvalue weighted by molar-refractivity contribution is 7.47. The number of hydrogen-bond donors (Lipinski definition) is 2. The molecule has 10 heteroatoms. The van der Waals surface area contributed by atoms with Crippen molar-refractivity contribution in [3.8, 4) is 0 Å². The van der Waals surface area contributed by atoms with Crippen LogP contribution in [0.1, 0.15) is 155 Å². The van der Waals surface area contributed by atoms with Crippen LogP contribution in [0.15, 0.2) is 85.3 Å². The number of rotatable bonds is 40. The van der Waals surface area contributed by atoms with Crippen LogP contribution in [0.5, 0.6) is 0 Å². The van der Waals surface area contributed by atoms with Crippen LogP contribution in [0.2, 0.25) is 0 Å². The molecule has 0 bridgehead atoms. The van der Waals surface area contributed by atoms with Gasteiger partial charge in [-0.15, -0.1) is 0 Å². The number of aliphatic hydroxyl groups excluding tert-OH is 1. The number of carbonyl (C=O) groups is 1. The number of nitrogens with zero attached hydrogens (tertiary/aromatic N) is 1. The van der Waals surface area contributed by atoms with Gasteiger partial charge in [-0.1, -0.05) is 170 Å². The fourth-order valence-electron chi connectivity index (χ4n) is 5.59. The zero-order valence-electron chi connectivity index (χ0n) is 37.4. The summed E-state index contributed by atoms with van der Waals surface area (Å²) < 4.78 is 34.7. The van der Waals surface area contributed by atoms with E-state index in [-0.39, 0.29) is 32.2 Å². The Bertz CT molecular complexity index is 1220. The Balaban J connectivity index is 4.44. The van der Waals surface area contributed by atoms with Crippen molar-refractivity contribution in [1.29, 1.82) is 0 Å². The van der Waals surface area contributed by atoms with Crippen LogP contribution in [-0.4, -0.2) is 80.2 Å². The van der Waals surface area contributed by atoms with Crippen molar-refractivity contribution in [2.45, 2.75) is 167 Å². The Hall–Kier alpha value is -2.52. The number of carbonyl (C=O) groups excluding carboxylic acids is 1. The minimum atomic E-state index is -4.30. The number of allylic oxidation sites excluding steroid dienone is 11. The fraction of sp³-hybridized carbons (Fsp3) is 0.688. The van der Waals surface area contributed by atoms with Crippen LogP contribution in [0.3, 0.4) is 0 Å². The van der Waals surface area contributed by atoms with Gasteiger partial charge in [-0.3, -0.25) is 13.8 Å². The molecule has 3 atom stereocenters. The molecule has 9 nitrogen and oxygen atoms in total. The quantitative estimate of drug-likeness (QED) is 0.0119. The lowest BCUT2D eigenvalue weighted by atomic mass is 10.0. The molecule has 0 saturated carbocycles. The summed E-state index contributed by atoms with van der Waals surface area (Å²) >= 11 is 0. The lowest BCUT2D eigenvalue weighted by molar-refractivity contribution is -0.870. The van der Waals surface area contributed by atoms with Gasteiger partial charge < -0.3 is 24.0 Å². The molecule has 2 N–H and O–H groups in total. The highest BCUT2D eigenvalue weighted by atomic mass is 31.2. The molecule has 0 rings (SSSR count). The summed E-state index contributed by atoms with van der Waals surface area (Å²) in [5, 5.41) is 9.85. The maximum absolute atomic E-state index is 12.5. The molecule has 0 spiro atoms. The van der Waals surface area contributed by atoms with Gasteiger partial charge in [-0.25, -0.2) is 4.57 Å². The Labute approximate surface area is 355 Å². The fourth-order valence-corrected chi connectivity index (χ4v) is 6.33. The number of esters is 1. The number of quaternary nitrogens is 1. The first-order valence-corrected chi connectivity index (χ1v) is 24.0. The SMILES string of the molecule is CC/C=C\CC(O)/C=C/C=C/C/C=C\C/C=C\C/C=C\CCC(=O)OC[C@H](COP(=O)(O)OCC[N+](C)(C)C)O/C=C/CCCCCCCCCCCCCCCC. The standard InChI is InChI=1S/C48H84NO8P/c1-6-8-10-11-12-13-14-15-16-17-21-24-27-30-33-37-42-54-47(45-57-58(52,53)56-43-41-49(3,4)5)44-55-48(51)40-36-32-29-26-23-20-18-19-22-25-28-31-35-39-46(50)38-34-9-7-2/h9,19-20,22-23,28-29,31-32,34-35,37,39,42,46-47,50H,6-8,10-18,21,24-27,30,33,36,38,40-41,43-45H2,1-5H3/p+1/b22-19-,23-20-,31-28+,32-29-,34-9-,39-35+,42-37+/t46?,47-/m1/s1. The summed E-state index contributed by atoms with van der Waals surface area (Å²) in [4.78, 5) is 22.7. The van der Waals surface area contributed by atoms with Crippen molar-refractivity contribution >= 4 is 13.8 Å².